The summed E-state index contributed by atoms with van der Waals surface area (Å²) in [6, 6.07) is 14.8. The quantitative estimate of drug-likeness (QED) is 0.718. The number of hydrogen-bond donors (Lipinski definition) is 1. The Labute approximate surface area is 150 Å². The maximum absolute atomic E-state index is 12.9. The second-order valence-electron chi connectivity index (χ2n) is 6.02. The fourth-order valence-corrected chi connectivity index (χ4v) is 2.56. The minimum atomic E-state index is -0.436. The molecule has 2 aromatic carbocycles. The standard InChI is InChI=1S/C20H18FN3O2/c1-13-3-5-14(6-4-13)18-11-17(23-24(18)2)20(26)22-12-19(25)15-7-9-16(21)10-8-15/h3-11H,12H2,1-2H3,(H,22,26). The smallest absolute Gasteiger partial charge is 0.272 e. The lowest BCUT2D eigenvalue weighted by molar-refractivity contribution is 0.0900. The maximum atomic E-state index is 12.9. The molecule has 0 radical (unpaired) electrons. The number of nitrogens with one attached hydrogen (secondary N) is 1. The van der Waals surface area contributed by atoms with Crippen molar-refractivity contribution in [2.24, 2.45) is 7.05 Å². The topological polar surface area (TPSA) is 64.0 Å². The molecule has 0 fully saturated rings. The van der Waals surface area contributed by atoms with Gasteiger partial charge in [-0.3, -0.25) is 14.3 Å². The van der Waals surface area contributed by atoms with Gasteiger partial charge >= 0.3 is 0 Å². The minimum absolute atomic E-state index is 0.180. The molecule has 1 heterocycles. The first-order valence-corrected chi connectivity index (χ1v) is 8.12. The van der Waals surface area contributed by atoms with Crippen LogP contribution in [0.15, 0.2) is 54.6 Å². The highest BCUT2D eigenvalue weighted by Gasteiger charge is 2.15. The summed E-state index contributed by atoms with van der Waals surface area (Å²) in [4.78, 5) is 24.3. The van der Waals surface area contributed by atoms with Gasteiger partial charge in [0.25, 0.3) is 5.91 Å². The van der Waals surface area contributed by atoms with Crippen LogP contribution in [0.25, 0.3) is 11.3 Å². The average Bonchev–Trinajstić information content (AvgIpc) is 3.02. The third-order valence-electron chi connectivity index (χ3n) is 4.04. The molecule has 0 bridgehead atoms. The Morgan fingerprint density at radius 1 is 1.08 bits per heavy atom. The Morgan fingerprint density at radius 3 is 2.38 bits per heavy atom. The van der Waals surface area contributed by atoms with Gasteiger partial charge in [-0.25, -0.2) is 4.39 Å². The number of nitrogens with zero attached hydrogens (tertiary/aromatic N) is 2. The SMILES string of the molecule is Cc1ccc(-c2cc(C(=O)NCC(=O)c3ccc(F)cc3)nn2C)cc1. The van der Waals surface area contributed by atoms with Gasteiger partial charge in [-0.15, -0.1) is 0 Å². The molecule has 0 unspecified atom stereocenters. The van der Waals surface area contributed by atoms with Crippen LogP contribution in [0.1, 0.15) is 26.4 Å². The van der Waals surface area contributed by atoms with Crippen molar-refractivity contribution in [2.75, 3.05) is 6.54 Å². The summed E-state index contributed by atoms with van der Waals surface area (Å²) in [5.41, 5.74) is 3.48. The van der Waals surface area contributed by atoms with Crippen molar-refractivity contribution in [1.29, 1.82) is 0 Å². The van der Waals surface area contributed by atoms with Gasteiger partial charge in [-0.1, -0.05) is 29.8 Å². The van der Waals surface area contributed by atoms with E-state index in [1.165, 1.54) is 24.3 Å². The lowest BCUT2D eigenvalue weighted by atomic mass is 10.1. The zero-order valence-corrected chi connectivity index (χ0v) is 14.5. The molecule has 1 N–H and O–H groups in total. The molecule has 0 spiro atoms. The number of aromatic nitrogens is 2. The first-order chi connectivity index (χ1) is 12.4. The lowest BCUT2D eigenvalue weighted by Gasteiger charge is -2.02. The first kappa shape index (κ1) is 17.5. The Kier molecular flexibility index (Phi) is 4.93. The summed E-state index contributed by atoms with van der Waals surface area (Å²) in [6.45, 7) is 1.82. The molecule has 5 nitrogen and oxygen atoms in total. The van der Waals surface area contributed by atoms with E-state index in [0.29, 0.717) is 5.56 Å². The Hall–Kier alpha value is -3.28. The largest absolute Gasteiger partial charge is 0.343 e. The molecule has 26 heavy (non-hydrogen) atoms. The summed E-state index contributed by atoms with van der Waals surface area (Å²) in [7, 11) is 1.76. The second kappa shape index (κ2) is 7.31. The number of carbonyl (C=O) groups is 2. The molecule has 132 valence electrons. The third kappa shape index (κ3) is 3.85. The maximum Gasteiger partial charge on any atom is 0.272 e. The van der Waals surface area contributed by atoms with E-state index in [1.807, 2.05) is 31.2 Å². The van der Waals surface area contributed by atoms with Gasteiger partial charge in [-0.05, 0) is 42.8 Å². The van der Waals surface area contributed by atoms with Gasteiger partial charge in [0.15, 0.2) is 11.5 Å². The van der Waals surface area contributed by atoms with E-state index in [0.717, 1.165) is 16.8 Å². The summed E-state index contributed by atoms with van der Waals surface area (Å²) in [5, 5.41) is 6.77. The molecule has 1 amide bonds. The van der Waals surface area contributed by atoms with Crippen LogP contribution >= 0.6 is 0 Å². The van der Waals surface area contributed by atoms with Crippen molar-refractivity contribution in [1.82, 2.24) is 15.1 Å². The molecule has 1 aromatic heterocycles. The number of benzene rings is 2. The van der Waals surface area contributed by atoms with Gasteiger partial charge in [0.2, 0.25) is 0 Å². The molecular formula is C20H18FN3O2. The number of ketones is 1. The van der Waals surface area contributed by atoms with E-state index >= 15 is 0 Å². The molecule has 0 saturated carbocycles. The van der Waals surface area contributed by atoms with E-state index in [2.05, 4.69) is 10.4 Å². The second-order valence-corrected chi connectivity index (χ2v) is 6.02. The number of halogens is 1. The third-order valence-corrected chi connectivity index (χ3v) is 4.04. The summed E-state index contributed by atoms with van der Waals surface area (Å²) < 4.78 is 14.5. The van der Waals surface area contributed by atoms with Crippen LogP contribution in [0.4, 0.5) is 4.39 Å². The van der Waals surface area contributed by atoms with E-state index in [9.17, 15) is 14.0 Å². The summed E-state index contributed by atoms with van der Waals surface area (Å²) in [5.74, 6) is -1.15. The monoisotopic (exact) mass is 351 g/mol. The number of Topliss-reactive ketones (excluding diaryl/α,β-unsaturated/α-hetero) is 1. The van der Waals surface area contributed by atoms with Crippen LogP contribution in [0, 0.1) is 12.7 Å². The van der Waals surface area contributed by atoms with Crippen molar-refractivity contribution < 1.29 is 14.0 Å². The Bertz CT molecular complexity index is 944. The first-order valence-electron chi connectivity index (χ1n) is 8.12. The molecule has 0 saturated heterocycles. The van der Waals surface area contributed by atoms with Gasteiger partial charge in [-0.2, -0.15) is 5.10 Å². The van der Waals surface area contributed by atoms with Crippen LogP contribution in [0.2, 0.25) is 0 Å². The van der Waals surface area contributed by atoms with Crippen LogP contribution in [0.3, 0.4) is 0 Å². The molecule has 3 rings (SSSR count). The predicted molar refractivity (Wildman–Crippen MR) is 96.4 cm³/mol. The van der Waals surface area contributed by atoms with Crippen molar-refractivity contribution in [2.45, 2.75) is 6.92 Å². The normalized spacial score (nSPS) is 10.6. The zero-order chi connectivity index (χ0) is 18.7. The molecule has 0 aliphatic carbocycles. The van der Waals surface area contributed by atoms with E-state index in [1.54, 1.807) is 17.8 Å². The lowest BCUT2D eigenvalue weighted by Crippen LogP contribution is -2.29. The van der Waals surface area contributed by atoms with Crippen molar-refractivity contribution in [3.63, 3.8) is 0 Å². The number of hydrogen-bond acceptors (Lipinski definition) is 3. The van der Waals surface area contributed by atoms with Crippen molar-refractivity contribution >= 4 is 11.7 Å². The van der Waals surface area contributed by atoms with Crippen LogP contribution in [-0.4, -0.2) is 28.0 Å². The highest BCUT2D eigenvalue weighted by molar-refractivity contribution is 6.01. The Morgan fingerprint density at radius 2 is 1.73 bits per heavy atom. The van der Waals surface area contributed by atoms with Gasteiger partial charge < -0.3 is 5.32 Å². The number of amides is 1. The number of aryl methyl sites for hydroxylation is 2. The van der Waals surface area contributed by atoms with Gasteiger partial charge in [0.05, 0.1) is 12.2 Å². The highest BCUT2D eigenvalue weighted by atomic mass is 19.1. The fraction of sp³-hybridized carbons (Fsp3) is 0.150. The molecular weight excluding hydrogens is 333 g/mol. The number of rotatable bonds is 5. The Balaban J connectivity index is 1.68. The molecule has 0 atom stereocenters. The van der Waals surface area contributed by atoms with Crippen LogP contribution in [-0.2, 0) is 7.05 Å². The average molecular weight is 351 g/mol. The summed E-state index contributed by atoms with van der Waals surface area (Å²) >= 11 is 0. The predicted octanol–water partition coefficient (Wildman–Crippen LogP) is 3.15. The van der Waals surface area contributed by atoms with E-state index in [-0.39, 0.29) is 18.0 Å². The number of carbonyl (C=O) groups excluding carboxylic acids is 2. The molecule has 3 aromatic rings. The summed E-state index contributed by atoms with van der Waals surface area (Å²) in [6.07, 6.45) is 0. The molecule has 0 aliphatic heterocycles. The fourth-order valence-electron chi connectivity index (χ4n) is 2.56. The van der Waals surface area contributed by atoms with Gasteiger partial charge in [0.1, 0.15) is 5.82 Å². The molecule has 0 aliphatic rings. The zero-order valence-electron chi connectivity index (χ0n) is 14.5. The van der Waals surface area contributed by atoms with E-state index in [4.69, 9.17) is 0 Å². The minimum Gasteiger partial charge on any atom is -0.343 e. The van der Waals surface area contributed by atoms with Crippen LogP contribution < -0.4 is 5.32 Å². The van der Waals surface area contributed by atoms with E-state index < -0.39 is 11.7 Å². The van der Waals surface area contributed by atoms with Crippen LogP contribution in [0.5, 0.6) is 0 Å². The van der Waals surface area contributed by atoms with Crippen molar-refractivity contribution in [3.05, 3.63) is 77.2 Å². The highest BCUT2D eigenvalue weighted by Crippen LogP contribution is 2.20. The molecule has 6 heteroatoms. The van der Waals surface area contributed by atoms with Crippen molar-refractivity contribution in [3.8, 4) is 11.3 Å². The van der Waals surface area contributed by atoms with Gasteiger partial charge in [0, 0.05) is 12.6 Å².